The molecular formula is C21H19BrN4O4. The van der Waals surface area contributed by atoms with Gasteiger partial charge in [-0.15, -0.1) is 0 Å². The van der Waals surface area contributed by atoms with Crippen LogP contribution < -0.4 is 5.43 Å². The number of nitro groups is 1. The van der Waals surface area contributed by atoms with Crippen LogP contribution in [-0.2, 0) is 0 Å². The number of aromatic hydroxyl groups is 1. The molecule has 0 spiro atoms. The maximum Gasteiger partial charge on any atom is 0.275 e. The minimum absolute atomic E-state index is 0.226. The molecule has 0 aliphatic heterocycles. The molecule has 0 radical (unpaired) electrons. The third-order valence-electron chi connectivity index (χ3n) is 4.69. The number of hydrogen-bond acceptors (Lipinski definition) is 5. The van der Waals surface area contributed by atoms with Gasteiger partial charge in [-0.25, -0.2) is 5.43 Å². The zero-order chi connectivity index (χ0) is 22.0. The summed E-state index contributed by atoms with van der Waals surface area (Å²) < 4.78 is 3.08. The number of amides is 1. The highest BCUT2D eigenvalue weighted by Gasteiger charge is 2.16. The van der Waals surface area contributed by atoms with Crippen molar-refractivity contribution in [3.63, 3.8) is 0 Å². The first kappa shape index (κ1) is 21.3. The first-order valence-electron chi connectivity index (χ1n) is 8.95. The number of carbonyl (C=O) groups excluding carboxylic acids is 1. The molecule has 0 atom stereocenters. The van der Waals surface area contributed by atoms with Gasteiger partial charge in [0, 0.05) is 39.2 Å². The Morgan fingerprint density at radius 2 is 1.93 bits per heavy atom. The highest BCUT2D eigenvalue weighted by molar-refractivity contribution is 9.10. The Kier molecular flexibility index (Phi) is 6.02. The van der Waals surface area contributed by atoms with E-state index in [1.165, 1.54) is 6.21 Å². The van der Waals surface area contributed by atoms with Crippen molar-refractivity contribution in [3.05, 3.63) is 85.1 Å². The van der Waals surface area contributed by atoms with Crippen LogP contribution in [0.2, 0.25) is 0 Å². The van der Waals surface area contributed by atoms with E-state index in [4.69, 9.17) is 0 Å². The largest absolute Gasteiger partial charge is 0.507 e. The second kappa shape index (κ2) is 8.50. The van der Waals surface area contributed by atoms with Crippen molar-refractivity contribution in [1.82, 2.24) is 9.99 Å². The number of phenols is 1. The van der Waals surface area contributed by atoms with Gasteiger partial charge >= 0.3 is 0 Å². The van der Waals surface area contributed by atoms with E-state index < -0.39 is 10.8 Å². The maximum atomic E-state index is 12.3. The molecule has 0 fully saturated rings. The van der Waals surface area contributed by atoms with Crippen molar-refractivity contribution in [3.8, 4) is 11.4 Å². The molecule has 30 heavy (non-hydrogen) atoms. The van der Waals surface area contributed by atoms with Gasteiger partial charge < -0.3 is 9.67 Å². The summed E-state index contributed by atoms with van der Waals surface area (Å²) in [6, 6.07) is 11.2. The Hall–Kier alpha value is -3.46. The zero-order valence-corrected chi connectivity index (χ0v) is 18.1. The number of hydrazone groups is 1. The van der Waals surface area contributed by atoms with Gasteiger partial charge in [0.1, 0.15) is 5.75 Å². The van der Waals surface area contributed by atoms with Crippen molar-refractivity contribution < 1.29 is 14.8 Å². The Balaban J connectivity index is 1.82. The summed E-state index contributed by atoms with van der Waals surface area (Å²) in [7, 11) is 0. The van der Waals surface area contributed by atoms with E-state index in [0.29, 0.717) is 0 Å². The molecule has 0 saturated carbocycles. The second-order valence-electron chi connectivity index (χ2n) is 6.75. The van der Waals surface area contributed by atoms with E-state index in [9.17, 15) is 20.0 Å². The molecule has 1 amide bonds. The molecule has 9 heteroatoms. The standard InChI is InChI=1S/C21H19BrN4O4/c1-12-4-5-16(10-19(12)22)25-13(2)8-15(14(25)3)11-23-24-21(28)18-9-17(26(29)30)6-7-20(18)27/h4-11,27H,1-3H3,(H,24,28)/b23-11-. The zero-order valence-electron chi connectivity index (χ0n) is 16.5. The molecule has 8 nitrogen and oxygen atoms in total. The molecule has 0 saturated heterocycles. The number of hydrogen-bond donors (Lipinski definition) is 2. The number of carbonyl (C=O) groups is 1. The molecular weight excluding hydrogens is 452 g/mol. The van der Waals surface area contributed by atoms with Crippen molar-refractivity contribution >= 4 is 33.7 Å². The summed E-state index contributed by atoms with van der Waals surface area (Å²) in [6.45, 7) is 5.93. The van der Waals surface area contributed by atoms with Crippen LogP contribution in [0, 0.1) is 30.9 Å². The fraction of sp³-hybridized carbons (Fsp3) is 0.143. The molecule has 3 aromatic rings. The molecule has 0 aliphatic rings. The lowest BCUT2D eigenvalue weighted by Gasteiger charge is -2.11. The van der Waals surface area contributed by atoms with Crippen molar-refractivity contribution in [2.24, 2.45) is 5.10 Å². The topological polar surface area (TPSA) is 110 Å². The number of nitrogens with one attached hydrogen (secondary N) is 1. The van der Waals surface area contributed by atoms with Gasteiger partial charge in [-0.05, 0) is 50.6 Å². The van der Waals surface area contributed by atoms with Gasteiger partial charge in [-0.2, -0.15) is 5.10 Å². The highest BCUT2D eigenvalue weighted by atomic mass is 79.9. The number of benzene rings is 2. The molecule has 1 aromatic heterocycles. The molecule has 154 valence electrons. The van der Waals surface area contributed by atoms with E-state index >= 15 is 0 Å². The summed E-state index contributed by atoms with van der Waals surface area (Å²) >= 11 is 3.55. The van der Waals surface area contributed by atoms with Crippen molar-refractivity contribution in [1.29, 1.82) is 0 Å². The smallest absolute Gasteiger partial charge is 0.275 e. The number of nitro benzene ring substituents is 1. The number of nitrogens with zero attached hydrogens (tertiary/aromatic N) is 3. The van der Waals surface area contributed by atoms with Gasteiger partial charge in [0.05, 0.1) is 16.7 Å². The Bertz CT molecular complexity index is 1180. The second-order valence-corrected chi connectivity index (χ2v) is 7.61. The summed E-state index contributed by atoms with van der Waals surface area (Å²) in [5.41, 5.74) is 6.63. The minimum atomic E-state index is -0.747. The van der Waals surface area contributed by atoms with E-state index in [-0.39, 0.29) is 17.0 Å². The number of aromatic nitrogens is 1. The maximum absolute atomic E-state index is 12.3. The summed E-state index contributed by atoms with van der Waals surface area (Å²) in [6.07, 6.45) is 1.49. The van der Waals surface area contributed by atoms with Crippen LogP contribution in [0.3, 0.4) is 0 Å². The molecule has 2 N–H and O–H groups in total. The average Bonchev–Trinajstić information content (AvgIpc) is 2.97. The number of non-ortho nitro benzene ring substituents is 1. The Morgan fingerprint density at radius 1 is 1.20 bits per heavy atom. The fourth-order valence-electron chi connectivity index (χ4n) is 3.08. The first-order valence-corrected chi connectivity index (χ1v) is 9.74. The normalized spacial score (nSPS) is 11.1. The molecule has 2 aromatic carbocycles. The quantitative estimate of drug-likeness (QED) is 0.323. The molecule has 0 unspecified atom stereocenters. The van der Waals surface area contributed by atoms with Crippen LogP contribution in [0.15, 0.2) is 52.0 Å². The molecule has 0 aliphatic carbocycles. The third-order valence-corrected chi connectivity index (χ3v) is 5.54. The molecule has 3 rings (SSSR count). The monoisotopic (exact) mass is 470 g/mol. The molecule has 0 bridgehead atoms. The van der Waals surface area contributed by atoms with Crippen molar-refractivity contribution in [2.75, 3.05) is 0 Å². The van der Waals surface area contributed by atoms with Crippen LogP contribution in [0.5, 0.6) is 5.75 Å². The minimum Gasteiger partial charge on any atom is -0.507 e. The summed E-state index contributed by atoms with van der Waals surface area (Å²) in [5, 5.41) is 24.6. The van der Waals surface area contributed by atoms with Crippen LogP contribution in [0.1, 0.15) is 32.9 Å². The molecule has 1 heterocycles. The number of rotatable bonds is 5. The van der Waals surface area contributed by atoms with Crippen LogP contribution in [-0.4, -0.2) is 26.7 Å². The van der Waals surface area contributed by atoms with Gasteiger partial charge in [0.2, 0.25) is 0 Å². The van der Waals surface area contributed by atoms with Gasteiger partial charge in [0.15, 0.2) is 0 Å². The fourth-order valence-corrected chi connectivity index (χ4v) is 3.44. The highest BCUT2D eigenvalue weighted by Crippen LogP contribution is 2.25. The first-order chi connectivity index (χ1) is 14.2. The summed E-state index contributed by atoms with van der Waals surface area (Å²) in [5.74, 6) is -1.11. The van der Waals surface area contributed by atoms with E-state index in [2.05, 4.69) is 31.0 Å². The van der Waals surface area contributed by atoms with Gasteiger partial charge in [0.25, 0.3) is 11.6 Å². The lowest BCUT2D eigenvalue weighted by Crippen LogP contribution is -2.18. The lowest BCUT2D eigenvalue weighted by molar-refractivity contribution is -0.384. The Labute approximate surface area is 181 Å². The predicted molar refractivity (Wildman–Crippen MR) is 118 cm³/mol. The van der Waals surface area contributed by atoms with E-state index in [1.807, 2.05) is 45.0 Å². The lowest BCUT2D eigenvalue weighted by atomic mass is 10.1. The van der Waals surface area contributed by atoms with Gasteiger partial charge in [-0.3, -0.25) is 14.9 Å². The third kappa shape index (κ3) is 4.25. The summed E-state index contributed by atoms with van der Waals surface area (Å²) in [4.78, 5) is 22.5. The van der Waals surface area contributed by atoms with Crippen molar-refractivity contribution in [2.45, 2.75) is 20.8 Å². The van der Waals surface area contributed by atoms with Crippen LogP contribution >= 0.6 is 15.9 Å². The predicted octanol–water partition coefficient (Wildman–Crippen LogP) is 4.54. The van der Waals surface area contributed by atoms with Crippen LogP contribution in [0.4, 0.5) is 5.69 Å². The number of halogens is 1. The number of aryl methyl sites for hydroxylation is 2. The SMILES string of the molecule is Cc1ccc(-n2c(C)cc(/C=N\NC(=O)c3cc([N+](=O)[O-])ccc3O)c2C)cc1Br. The van der Waals surface area contributed by atoms with E-state index in [0.717, 1.165) is 50.9 Å². The van der Waals surface area contributed by atoms with Gasteiger partial charge in [-0.1, -0.05) is 22.0 Å². The number of phenolic OH excluding ortho intramolecular Hbond substituents is 1. The van der Waals surface area contributed by atoms with Crippen LogP contribution in [0.25, 0.3) is 5.69 Å². The van der Waals surface area contributed by atoms with E-state index in [1.54, 1.807) is 0 Å². The Morgan fingerprint density at radius 3 is 2.60 bits per heavy atom. The average molecular weight is 471 g/mol.